The molecule has 1 amide bonds. The number of quaternary nitrogens is 2. The van der Waals surface area contributed by atoms with Crippen molar-refractivity contribution in [3.8, 4) is 0 Å². The molecule has 1 fully saturated rings. The third-order valence-corrected chi connectivity index (χ3v) is 3.11. The summed E-state index contributed by atoms with van der Waals surface area (Å²) in [6.07, 6.45) is 2.42. The highest BCUT2D eigenvalue weighted by Gasteiger charge is 2.20. The van der Waals surface area contributed by atoms with Gasteiger partial charge in [0, 0.05) is 13.2 Å². The van der Waals surface area contributed by atoms with Crippen LogP contribution < -0.4 is 15.5 Å². The molecular weight excluding hydrogens is 218 g/mol. The molecule has 0 aromatic heterocycles. The van der Waals surface area contributed by atoms with E-state index in [1.165, 1.54) is 4.90 Å². The quantitative estimate of drug-likeness (QED) is 0.460. The van der Waals surface area contributed by atoms with Crippen LogP contribution in [0.25, 0.3) is 0 Å². The van der Waals surface area contributed by atoms with Crippen LogP contribution in [-0.4, -0.2) is 58.4 Å². The predicted molar refractivity (Wildman–Crippen MR) is 65.9 cm³/mol. The molecule has 1 heterocycles. The van der Waals surface area contributed by atoms with E-state index in [1.807, 2.05) is 6.92 Å². The molecule has 0 unspecified atom stereocenters. The second-order valence-electron chi connectivity index (χ2n) is 5.15. The molecule has 0 aromatic carbocycles. The summed E-state index contributed by atoms with van der Waals surface area (Å²) in [5, 5.41) is 5.06. The van der Waals surface area contributed by atoms with E-state index in [9.17, 15) is 4.79 Å². The van der Waals surface area contributed by atoms with E-state index in [1.54, 1.807) is 0 Å². The Bertz CT molecular complexity index is 228. The van der Waals surface area contributed by atoms with Crippen LogP contribution in [0.1, 0.15) is 19.8 Å². The van der Waals surface area contributed by atoms with Crippen LogP contribution in [0.3, 0.4) is 0 Å². The van der Waals surface area contributed by atoms with E-state index in [-0.39, 0.29) is 18.1 Å². The van der Waals surface area contributed by atoms with Crippen molar-refractivity contribution in [2.45, 2.75) is 31.9 Å². The van der Waals surface area contributed by atoms with Gasteiger partial charge in [-0.3, -0.25) is 4.79 Å². The summed E-state index contributed by atoms with van der Waals surface area (Å²) < 4.78 is 5.47. The van der Waals surface area contributed by atoms with Gasteiger partial charge in [-0.25, -0.2) is 0 Å². The second kappa shape index (κ2) is 7.63. The molecule has 0 saturated carbocycles. The standard InChI is InChI=1S/C12H25N3O2/c1-10(13-6-7-15(2)3)12(16)14-9-11-5-4-8-17-11/h10-11,13H,4-9H2,1-3H3,(H,14,16)/p+2/t10-,11-/m0/s1. The zero-order valence-corrected chi connectivity index (χ0v) is 11.3. The van der Waals surface area contributed by atoms with Crippen molar-refractivity contribution >= 4 is 5.91 Å². The smallest absolute Gasteiger partial charge is 0.278 e. The minimum Gasteiger partial charge on any atom is -0.376 e. The third-order valence-electron chi connectivity index (χ3n) is 3.11. The molecule has 0 spiro atoms. The monoisotopic (exact) mass is 245 g/mol. The van der Waals surface area contributed by atoms with Gasteiger partial charge in [-0.15, -0.1) is 0 Å². The Morgan fingerprint density at radius 2 is 2.35 bits per heavy atom. The lowest BCUT2D eigenvalue weighted by molar-refractivity contribution is -0.875. The van der Waals surface area contributed by atoms with Crippen LogP contribution in [0.15, 0.2) is 0 Å². The molecule has 0 radical (unpaired) electrons. The van der Waals surface area contributed by atoms with Crippen LogP contribution in [0.4, 0.5) is 0 Å². The van der Waals surface area contributed by atoms with Gasteiger partial charge < -0.3 is 20.3 Å². The molecule has 2 atom stereocenters. The molecule has 100 valence electrons. The number of likely N-dealkylation sites (N-methyl/N-ethyl adjacent to an activating group) is 1. The summed E-state index contributed by atoms with van der Waals surface area (Å²) in [6.45, 7) is 5.51. The van der Waals surface area contributed by atoms with Gasteiger partial charge in [0.1, 0.15) is 13.1 Å². The minimum atomic E-state index is -0.00393. The molecule has 1 aliphatic rings. The van der Waals surface area contributed by atoms with Crippen molar-refractivity contribution in [2.24, 2.45) is 0 Å². The number of rotatable bonds is 7. The van der Waals surface area contributed by atoms with Gasteiger partial charge in [0.05, 0.1) is 20.2 Å². The van der Waals surface area contributed by atoms with Crippen molar-refractivity contribution in [1.29, 1.82) is 0 Å². The van der Waals surface area contributed by atoms with Crippen LogP contribution in [0, 0.1) is 0 Å². The second-order valence-corrected chi connectivity index (χ2v) is 5.15. The topological polar surface area (TPSA) is 59.4 Å². The molecule has 1 saturated heterocycles. The third kappa shape index (κ3) is 6.00. The fourth-order valence-electron chi connectivity index (χ4n) is 1.91. The van der Waals surface area contributed by atoms with Crippen molar-refractivity contribution in [1.82, 2.24) is 5.32 Å². The molecular formula is C12H27N3O2+2. The summed E-state index contributed by atoms with van der Waals surface area (Å²) in [4.78, 5) is 13.2. The fourth-order valence-corrected chi connectivity index (χ4v) is 1.91. The predicted octanol–water partition coefficient (Wildman–Crippen LogP) is -2.62. The Kier molecular flexibility index (Phi) is 6.47. The largest absolute Gasteiger partial charge is 0.376 e. The first kappa shape index (κ1) is 14.4. The first-order valence-corrected chi connectivity index (χ1v) is 6.61. The van der Waals surface area contributed by atoms with Gasteiger partial charge >= 0.3 is 0 Å². The van der Waals surface area contributed by atoms with Crippen LogP contribution >= 0.6 is 0 Å². The average Bonchev–Trinajstić information content (AvgIpc) is 2.78. The van der Waals surface area contributed by atoms with E-state index in [0.29, 0.717) is 6.54 Å². The van der Waals surface area contributed by atoms with Gasteiger partial charge in [-0.2, -0.15) is 0 Å². The Morgan fingerprint density at radius 3 is 2.94 bits per heavy atom. The highest BCUT2D eigenvalue weighted by molar-refractivity contribution is 5.79. The van der Waals surface area contributed by atoms with E-state index >= 15 is 0 Å². The van der Waals surface area contributed by atoms with Gasteiger partial charge in [0.25, 0.3) is 5.91 Å². The molecule has 1 aliphatic heterocycles. The number of amides is 1. The van der Waals surface area contributed by atoms with E-state index in [2.05, 4.69) is 24.7 Å². The minimum absolute atomic E-state index is 0.00393. The van der Waals surface area contributed by atoms with E-state index < -0.39 is 0 Å². The number of ether oxygens (including phenoxy) is 1. The summed E-state index contributed by atoms with van der Waals surface area (Å²) in [6, 6.07) is -0.00393. The van der Waals surface area contributed by atoms with Crippen molar-refractivity contribution < 1.29 is 19.7 Å². The number of nitrogens with two attached hydrogens (primary N) is 1. The van der Waals surface area contributed by atoms with E-state index in [0.717, 1.165) is 32.5 Å². The Balaban J connectivity index is 2.08. The zero-order valence-electron chi connectivity index (χ0n) is 11.3. The van der Waals surface area contributed by atoms with Gasteiger partial charge in [-0.05, 0) is 19.8 Å². The van der Waals surface area contributed by atoms with Gasteiger partial charge in [0.15, 0.2) is 6.04 Å². The van der Waals surface area contributed by atoms with Gasteiger partial charge in [0.2, 0.25) is 0 Å². The molecule has 5 heteroatoms. The van der Waals surface area contributed by atoms with Crippen LogP contribution in [-0.2, 0) is 9.53 Å². The fraction of sp³-hybridized carbons (Fsp3) is 0.917. The Morgan fingerprint density at radius 1 is 1.59 bits per heavy atom. The summed E-state index contributed by atoms with van der Waals surface area (Å²) in [5.41, 5.74) is 0. The first-order chi connectivity index (χ1) is 8.09. The first-order valence-electron chi connectivity index (χ1n) is 6.61. The Labute approximate surface area is 104 Å². The zero-order chi connectivity index (χ0) is 12.7. The SMILES string of the molecule is C[C@H]([NH2+]CC[NH+](C)C)C(=O)NC[C@@H]1CCCO1. The molecule has 0 bridgehead atoms. The Hall–Kier alpha value is -0.650. The van der Waals surface area contributed by atoms with Crippen LogP contribution in [0.2, 0.25) is 0 Å². The normalized spacial score (nSPS) is 21.8. The van der Waals surface area contributed by atoms with Crippen LogP contribution in [0.5, 0.6) is 0 Å². The van der Waals surface area contributed by atoms with Crippen molar-refractivity contribution in [2.75, 3.05) is 40.3 Å². The maximum absolute atomic E-state index is 11.8. The summed E-state index contributed by atoms with van der Waals surface area (Å²) in [7, 11) is 4.24. The lowest BCUT2D eigenvalue weighted by Gasteiger charge is -2.14. The number of hydrogen-bond acceptors (Lipinski definition) is 2. The highest BCUT2D eigenvalue weighted by atomic mass is 16.5. The lowest BCUT2D eigenvalue weighted by atomic mass is 10.2. The molecule has 0 aromatic rings. The van der Waals surface area contributed by atoms with E-state index in [4.69, 9.17) is 4.74 Å². The maximum atomic E-state index is 11.8. The van der Waals surface area contributed by atoms with Crippen molar-refractivity contribution in [3.05, 3.63) is 0 Å². The van der Waals surface area contributed by atoms with Gasteiger partial charge in [-0.1, -0.05) is 0 Å². The molecule has 1 rings (SSSR count). The number of carbonyl (C=O) groups is 1. The molecule has 5 nitrogen and oxygen atoms in total. The number of carbonyl (C=O) groups excluding carboxylic acids is 1. The highest BCUT2D eigenvalue weighted by Crippen LogP contribution is 2.10. The molecule has 17 heavy (non-hydrogen) atoms. The molecule has 4 N–H and O–H groups in total. The molecule has 0 aliphatic carbocycles. The summed E-state index contributed by atoms with van der Waals surface area (Å²) in [5.74, 6) is 0.120. The summed E-state index contributed by atoms with van der Waals surface area (Å²) >= 11 is 0. The lowest BCUT2D eigenvalue weighted by Crippen LogP contribution is -3.10. The average molecular weight is 245 g/mol. The number of nitrogens with one attached hydrogen (secondary N) is 2. The number of hydrogen-bond donors (Lipinski definition) is 3. The van der Waals surface area contributed by atoms with Crippen molar-refractivity contribution in [3.63, 3.8) is 0 Å². The maximum Gasteiger partial charge on any atom is 0.278 e.